The van der Waals surface area contributed by atoms with Crippen molar-refractivity contribution in [3.8, 4) is 0 Å². The van der Waals surface area contributed by atoms with Crippen molar-refractivity contribution in [3.05, 3.63) is 16.0 Å². The summed E-state index contributed by atoms with van der Waals surface area (Å²) in [5.41, 5.74) is 0.625. The Kier molecular flexibility index (Phi) is 6.91. The molecule has 1 amide bonds. The molecule has 9 heteroatoms. The van der Waals surface area contributed by atoms with Crippen LogP contribution in [-0.4, -0.2) is 69.8 Å². The van der Waals surface area contributed by atoms with Gasteiger partial charge in [-0.15, -0.1) is 11.3 Å². The number of ether oxygens (including phenoxy) is 3. The van der Waals surface area contributed by atoms with Crippen molar-refractivity contribution in [2.24, 2.45) is 0 Å². The summed E-state index contributed by atoms with van der Waals surface area (Å²) >= 11 is 1.01. The smallest absolute Gasteiger partial charge is 0.348 e. The van der Waals surface area contributed by atoms with Gasteiger partial charge in [0.2, 0.25) is 5.91 Å². The maximum atomic E-state index is 12.2. The summed E-state index contributed by atoms with van der Waals surface area (Å²) in [4.78, 5) is 38.5. The molecule has 1 aliphatic heterocycles. The summed E-state index contributed by atoms with van der Waals surface area (Å²) in [6.45, 7) is 5.16. The Hall–Kier alpha value is -1.97. The van der Waals surface area contributed by atoms with E-state index in [-0.39, 0.29) is 22.8 Å². The van der Waals surface area contributed by atoms with Crippen LogP contribution in [0.4, 0.5) is 5.00 Å². The Morgan fingerprint density at radius 1 is 1.16 bits per heavy atom. The molecule has 2 rings (SSSR count). The molecule has 0 aliphatic carbocycles. The number of carbonyl (C=O) groups excluding carboxylic acids is 3. The van der Waals surface area contributed by atoms with Gasteiger partial charge in [-0.25, -0.2) is 9.59 Å². The minimum atomic E-state index is -0.604. The monoisotopic (exact) mass is 370 g/mol. The number of nitrogens with zero attached hydrogens (tertiary/aromatic N) is 1. The first-order valence-electron chi connectivity index (χ1n) is 7.87. The summed E-state index contributed by atoms with van der Waals surface area (Å²) in [5, 5.41) is 3.02. The van der Waals surface area contributed by atoms with Gasteiger partial charge in [0, 0.05) is 26.1 Å². The molecular formula is C16H22N2O6S. The Balaban J connectivity index is 2.09. The van der Waals surface area contributed by atoms with E-state index in [1.54, 1.807) is 6.92 Å². The van der Waals surface area contributed by atoms with Crippen molar-refractivity contribution < 1.29 is 28.6 Å². The average molecular weight is 370 g/mol. The first kappa shape index (κ1) is 19.4. The fraction of sp³-hybridized carbons (Fsp3) is 0.562. The first-order valence-corrected chi connectivity index (χ1v) is 8.69. The Morgan fingerprint density at radius 3 is 2.40 bits per heavy atom. The van der Waals surface area contributed by atoms with Gasteiger partial charge in [0.1, 0.15) is 9.88 Å². The second-order valence-electron chi connectivity index (χ2n) is 5.50. The molecule has 2 heterocycles. The molecule has 8 nitrogen and oxygen atoms in total. The fourth-order valence-electron chi connectivity index (χ4n) is 2.51. The van der Waals surface area contributed by atoms with Crippen LogP contribution >= 0.6 is 11.3 Å². The molecule has 1 N–H and O–H groups in total. The Bertz CT molecular complexity index is 651. The van der Waals surface area contributed by atoms with Crippen molar-refractivity contribution in [1.29, 1.82) is 0 Å². The van der Waals surface area contributed by atoms with Crippen molar-refractivity contribution in [2.75, 3.05) is 52.4 Å². The van der Waals surface area contributed by atoms with Gasteiger partial charge in [-0.1, -0.05) is 0 Å². The van der Waals surface area contributed by atoms with Gasteiger partial charge in [0.25, 0.3) is 0 Å². The van der Waals surface area contributed by atoms with E-state index in [1.807, 2.05) is 0 Å². The molecule has 0 unspecified atom stereocenters. The highest BCUT2D eigenvalue weighted by molar-refractivity contribution is 7.18. The lowest BCUT2D eigenvalue weighted by molar-refractivity contribution is -0.116. The number of rotatable bonds is 6. The minimum Gasteiger partial charge on any atom is -0.465 e. The number of hydrogen-bond acceptors (Lipinski definition) is 8. The molecule has 1 aliphatic rings. The lowest BCUT2D eigenvalue weighted by Gasteiger charge is -2.26. The summed E-state index contributed by atoms with van der Waals surface area (Å²) in [6.07, 6.45) is 0.283. The van der Waals surface area contributed by atoms with Crippen LogP contribution in [0.2, 0.25) is 0 Å². The molecular weight excluding hydrogens is 348 g/mol. The number of carbonyl (C=O) groups is 3. The van der Waals surface area contributed by atoms with Gasteiger partial charge < -0.3 is 19.5 Å². The molecule has 0 atom stereocenters. The highest BCUT2D eigenvalue weighted by atomic mass is 32.1. The zero-order valence-corrected chi connectivity index (χ0v) is 15.4. The lowest BCUT2D eigenvalue weighted by Crippen LogP contribution is -2.38. The maximum absolute atomic E-state index is 12.2. The maximum Gasteiger partial charge on any atom is 0.348 e. The van der Waals surface area contributed by atoms with Gasteiger partial charge in [-0.3, -0.25) is 9.69 Å². The standard InChI is InChI=1S/C16H22N2O6S/c1-10-12(15(20)22-2)14(25-13(10)16(21)23-3)17-11(19)4-5-18-6-8-24-9-7-18/h4-9H2,1-3H3,(H,17,19). The molecule has 0 aromatic carbocycles. The molecule has 25 heavy (non-hydrogen) atoms. The summed E-state index contributed by atoms with van der Waals surface area (Å²) in [6, 6.07) is 0. The number of thiophene rings is 1. The van der Waals surface area contributed by atoms with E-state index in [4.69, 9.17) is 14.2 Å². The zero-order valence-electron chi connectivity index (χ0n) is 14.5. The highest BCUT2D eigenvalue weighted by Gasteiger charge is 2.26. The average Bonchev–Trinajstić information content (AvgIpc) is 2.95. The third kappa shape index (κ3) is 4.77. The van der Waals surface area contributed by atoms with Crippen molar-refractivity contribution in [1.82, 2.24) is 4.90 Å². The van der Waals surface area contributed by atoms with Gasteiger partial charge in [0.05, 0.1) is 33.0 Å². The number of morpholine rings is 1. The predicted octanol–water partition coefficient (Wildman–Crippen LogP) is 1.29. The predicted molar refractivity (Wildman–Crippen MR) is 92.2 cm³/mol. The molecule has 0 saturated carbocycles. The summed E-state index contributed by atoms with van der Waals surface area (Å²) in [5.74, 6) is -1.39. The van der Waals surface area contributed by atoms with Gasteiger partial charge in [0.15, 0.2) is 0 Å². The van der Waals surface area contributed by atoms with Crippen LogP contribution in [0.1, 0.15) is 32.0 Å². The molecule has 1 aromatic rings. The normalized spacial score (nSPS) is 14.8. The topological polar surface area (TPSA) is 94.2 Å². The number of nitrogens with one attached hydrogen (secondary N) is 1. The van der Waals surface area contributed by atoms with Crippen LogP contribution in [-0.2, 0) is 19.0 Å². The highest BCUT2D eigenvalue weighted by Crippen LogP contribution is 2.34. The van der Waals surface area contributed by atoms with Gasteiger partial charge in [-0.2, -0.15) is 0 Å². The molecule has 0 spiro atoms. The number of hydrogen-bond donors (Lipinski definition) is 1. The Morgan fingerprint density at radius 2 is 1.80 bits per heavy atom. The molecule has 1 saturated heterocycles. The van der Waals surface area contributed by atoms with E-state index in [2.05, 4.69) is 10.2 Å². The Labute approximate surface area is 150 Å². The van der Waals surface area contributed by atoms with Crippen LogP contribution in [0, 0.1) is 6.92 Å². The van der Waals surface area contributed by atoms with E-state index in [9.17, 15) is 14.4 Å². The van der Waals surface area contributed by atoms with Crippen molar-refractivity contribution >= 4 is 34.2 Å². The molecule has 0 radical (unpaired) electrons. The fourth-order valence-corrected chi connectivity index (χ4v) is 3.64. The van der Waals surface area contributed by atoms with E-state index < -0.39 is 11.9 Å². The van der Waals surface area contributed by atoms with Gasteiger partial charge >= 0.3 is 11.9 Å². The van der Waals surface area contributed by atoms with Crippen LogP contribution in [0.15, 0.2) is 0 Å². The molecule has 1 fully saturated rings. The first-order chi connectivity index (χ1) is 12.0. The van der Waals surface area contributed by atoms with E-state index in [0.717, 1.165) is 24.4 Å². The SMILES string of the molecule is COC(=O)c1sc(NC(=O)CCN2CCOCC2)c(C(=O)OC)c1C. The number of amides is 1. The second kappa shape index (κ2) is 8.93. The number of methoxy groups -OCH3 is 2. The van der Waals surface area contributed by atoms with E-state index in [1.165, 1.54) is 14.2 Å². The van der Waals surface area contributed by atoms with E-state index in [0.29, 0.717) is 30.3 Å². The second-order valence-corrected chi connectivity index (χ2v) is 6.52. The molecule has 1 aromatic heterocycles. The summed E-state index contributed by atoms with van der Waals surface area (Å²) < 4.78 is 14.8. The zero-order chi connectivity index (χ0) is 18.4. The molecule has 138 valence electrons. The number of esters is 2. The molecule has 0 bridgehead atoms. The van der Waals surface area contributed by atoms with Gasteiger partial charge in [-0.05, 0) is 12.5 Å². The summed E-state index contributed by atoms with van der Waals surface area (Å²) in [7, 11) is 2.52. The van der Waals surface area contributed by atoms with Crippen molar-refractivity contribution in [3.63, 3.8) is 0 Å². The van der Waals surface area contributed by atoms with Crippen LogP contribution in [0.3, 0.4) is 0 Å². The van der Waals surface area contributed by atoms with Crippen LogP contribution in [0.5, 0.6) is 0 Å². The largest absolute Gasteiger partial charge is 0.465 e. The minimum absolute atomic E-state index is 0.188. The van der Waals surface area contributed by atoms with E-state index >= 15 is 0 Å². The number of anilines is 1. The third-order valence-electron chi connectivity index (χ3n) is 3.92. The third-order valence-corrected chi connectivity index (χ3v) is 5.11. The van der Waals surface area contributed by atoms with Crippen molar-refractivity contribution in [2.45, 2.75) is 13.3 Å². The van der Waals surface area contributed by atoms with Crippen LogP contribution < -0.4 is 5.32 Å². The lowest BCUT2D eigenvalue weighted by atomic mass is 10.1. The van der Waals surface area contributed by atoms with Crippen LogP contribution in [0.25, 0.3) is 0 Å². The quantitative estimate of drug-likeness (QED) is 0.754.